The number of hydrogen-bond acceptors (Lipinski definition) is 5. The molecule has 8 heteroatoms. The lowest BCUT2D eigenvalue weighted by Crippen LogP contribution is -2.38. The van der Waals surface area contributed by atoms with Gasteiger partial charge in [0.05, 0.1) is 18.8 Å². The van der Waals surface area contributed by atoms with E-state index in [9.17, 15) is 4.79 Å². The Morgan fingerprint density at radius 1 is 1.21 bits per heavy atom. The summed E-state index contributed by atoms with van der Waals surface area (Å²) in [7, 11) is 1.93. The van der Waals surface area contributed by atoms with E-state index in [-0.39, 0.29) is 11.9 Å². The molecule has 7 nitrogen and oxygen atoms in total. The number of rotatable bonds is 9. The van der Waals surface area contributed by atoms with Gasteiger partial charge < -0.3 is 10.1 Å². The summed E-state index contributed by atoms with van der Waals surface area (Å²) in [6.07, 6.45) is 3.16. The molecular weight excluding hydrogens is 390 g/mol. The predicted octanol–water partition coefficient (Wildman–Crippen LogP) is 3.11. The fraction of sp³-hybridized carbons (Fsp3) is 0.286. The van der Waals surface area contributed by atoms with Crippen LogP contribution in [-0.4, -0.2) is 52.3 Å². The molecule has 2 aromatic carbocycles. The van der Waals surface area contributed by atoms with E-state index in [2.05, 4.69) is 22.3 Å². The monoisotopic (exact) mass is 413 g/mol. The van der Waals surface area contributed by atoms with Crippen molar-refractivity contribution < 1.29 is 9.53 Å². The summed E-state index contributed by atoms with van der Waals surface area (Å²) < 4.78 is 7.28. The molecule has 0 saturated heterocycles. The third-order valence-corrected chi connectivity index (χ3v) is 4.87. The Labute approximate surface area is 175 Å². The second kappa shape index (κ2) is 10.0. The van der Waals surface area contributed by atoms with Gasteiger partial charge in [-0.1, -0.05) is 23.7 Å². The highest BCUT2D eigenvalue weighted by molar-refractivity contribution is 6.30. The Morgan fingerprint density at radius 2 is 1.93 bits per heavy atom. The minimum Gasteiger partial charge on any atom is -0.492 e. The molecule has 1 amide bonds. The molecule has 29 heavy (non-hydrogen) atoms. The minimum absolute atomic E-state index is 0.0432. The largest absolute Gasteiger partial charge is 0.492 e. The molecular formula is C21H24ClN5O2. The van der Waals surface area contributed by atoms with Crippen LogP contribution >= 0.6 is 11.6 Å². The van der Waals surface area contributed by atoms with Gasteiger partial charge in [0.25, 0.3) is 0 Å². The molecule has 1 aromatic heterocycles. The lowest BCUT2D eigenvalue weighted by Gasteiger charge is -2.24. The quantitative estimate of drug-likeness (QED) is 0.546. The SMILES string of the molecule is CC(c1ccc(-n2cncn2)cc1)N(C)CC(=O)NCCOc1ccc(Cl)cc1. The lowest BCUT2D eigenvalue weighted by molar-refractivity contribution is -0.122. The molecule has 0 spiro atoms. The average Bonchev–Trinajstić information content (AvgIpc) is 3.27. The molecule has 3 rings (SSSR count). The Bertz CT molecular complexity index is 898. The molecule has 0 radical (unpaired) electrons. The van der Waals surface area contributed by atoms with Crippen molar-refractivity contribution in [2.24, 2.45) is 0 Å². The highest BCUT2D eigenvalue weighted by Gasteiger charge is 2.15. The van der Waals surface area contributed by atoms with Gasteiger partial charge >= 0.3 is 0 Å². The van der Waals surface area contributed by atoms with E-state index in [1.54, 1.807) is 35.3 Å². The number of halogens is 1. The smallest absolute Gasteiger partial charge is 0.234 e. The summed E-state index contributed by atoms with van der Waals surface area (Å²) in [5.41, 5.74) is 2.06. The second-order valence-electron chi connectivity index (χ2n) is 6.68. The molecule has 152 valence electrons. The van der Waals surface area contributed by atoms with Crippen molar-refractivity contribution >= 4 is 17.5 Å². The van der Waals surface area contributed by atoms with Gasteiger partial charge in [-0.2, -0.15) is 5.10 Å². The van der Waals surface area contributed by atoms with Gasteiger partial charge in [0.1, 0.15) is 25.0 Å². The first-order chi connectivity index (χ1) is 14.0. The van der Waals surface area contributed by atoms with Crippen molar-refractivity contribution in [2.45, 2.75) is 13.0 Å². The van der Waals surface area contributed by atoms with Gasteiger partial charge in [-0.05, 0) is 55.9 Å². The van der Waals surface area contributed by atoms with Crippen LogP contribution in [0.25, 0.3) is 5.69 Å². The third-order valence-electron chi connectivity index (χ3n) is 4.62. The topological polar surface area (TPSA) is 72.3 Å². The molecule has 1 heterocycles. The van der Waals surface area contributed by atoms with Crippen molar-refractivity contribution in [1.82, 2.24) is 25.0 Å². The number of benzene rings is 2. The first-order valence-electron chi connectivity index (χ1n) is 9.33. The standard InChI is InChI=1S/C21H24ClN5O2/c1-16(17-3-7-19(8-4-17)27-15-23-14-25-27)26(2)13-21(28)24-11-12-29-20-9-5-18(22)6-10-20/h3-10,14-16H,11-13H2,1-2H3,(H,24,28). The summed E-state index contributed by atoms with van der Waals surface area (Å²) in [6.45, 7) is 3.21. The van der Waals surface area contributed by atoms with E-state index < -0.39 is 0 Å². The van der Waals surface area contributed by atoms with Gasteiger partial charge in [0, 0.05) is 11.1 Å². The van der Waals surface area contributed by atoms with E-state index >= 15 is 0 Å². The second-order valence-corrected chi connectivity index (χ2v) is 7.11. The number of nitrogens with zero attached hydrogens (tertiary/aromatic N) is 4. The van der Waals surface area contributed by atoms with Crippen molar-refractivity contribution in [1.29, 1.82) is 0 Å². The predicted molar refractivity (Wildman–Crippen MR) is 112 cm³/mol. The van der Waals surface area contributed by atoms with Crippen LogP contribution in [0.3, 0.4) is 0 Å². The number of nitrogens with one attached hydrogen (secondary N) is 1. The number of likely N-dealkylation sites (N-methyl/N-ethyl adjacent to an activating group) is 1. The first kappa shape index (κ1) is 20.8. The summed E-state index contributed by atoms with van der Waals surface area (Å²) in [5.74, 6) is 0.682. The summed E-state index contributed by atoms with van der Waals surface area (Å²) in [6, 6.07) is 15.3. The molecule has 3 aromatic rings. The zero-order valence-electron chi connectivity index (χ0n) is 16.5. The van der Waals surface area contributed by atoms with Crippen molar-refractivity contribution in [3.8, 4) is 11.4 Å². The van der Waals surface area contributed by atoms with Crippen LogP contribution in [-0.2, 0) is 4.79 Å². The number of aromatic nitrogens is 3. The van der Waals surface area contributed by atoms with Crippen molar-refractivity contribution in [2.75, 3.05) is 26.7 Å². The molecule has 0 aliphatic rings. The van der Waals surface area contributed by atoms with Crippen molar-refractivity contribution in [3.63, 3.8) is 0 Å². The third kappa shape index (κ3) is 6.04. The Balaban J connectivity index is 1.42. The molecule has 1 atom stereocenters. The van der Waals surface area contributed by atoms with Crippen LogP contribution < -0.4 is 10.1 Å². The van der Waals surface area contributed by atoms with E-state index in [0.29, 0.717) is 24.7 Å². The van der Waals surface area contributed by atoms with E-state index in [0.717, 1.165) is 17.0 Å². The first-order valence-corrected chi connectivity index (χ1v) is 9.71. The maximum Gasteiger partial charge on any atom is 0.234 e. The van der Waals surface area contributed by atoms with Crippen molar-refractivity contribution in [3.05, 3.63) is 71.8 Å². The van der Waals surface area contributed by atoms with Gasteiger partial charge in [-0.3, -0.25) is 9.69 Å². The number of ether oxygens (including phenoxy) is 1. The Kier molecular flexibility index (Phi) is 7.21. The fourth-order valence-electron chi connectivity index (χ4n) is 2.81. The summed E-state index contributed by atoms with van der Waals surface area (Å²) >= 11 is 5.84. The van der Waals surface area contributed by atoms with E-state index in [4.69, 9.17) is 16.3 Å². The molecule has 0 saturated carbocycles. The van der Waals surface area contributed by atoms with Crippen LogP contribution in [0.1, 0.15) is 18.5 Å². The fourth-order valence-corrected chi connectivity index (χ4v) is 2.94. The number of carbonyl (C=O) groups is 1. The number of hydrogen-bond donors (Lipinski definition) is 1. The lowest BCUT2D eigenvalue weighted by atomic mass is 10.1. The molecule has 1 N–H and O–H groups in total. The van der Waals surface area contributed by atoms with Gasteiger partial charge in [0.15, 0.2) is 0 Å². The maximum absolute atomic E-state index is 12.2. The minimum atomic E-state index is -0.0432. The number of carbonyl (C=O) groups excluding carboxylic acids is 1. The van der Waals surface area contributed by atoms with Gasteiger partial charge in [-0.15, -0.1) is 0 Å². The van der Waals surface area contributed by atoms with Crippen LogP contribution in [0.15, 0.2) is 61.2 Å². The number of amides is 1. The molecule has 0 bridgehead atoms. The molecule has 1 unspecified atom stereocenters. The Hall–Kier alpha value is -2.90. The highest BCUT2D eigenvalue weighted by atomic mass is 35.5. The van der Waals surface area contributed by atoms with Crippen LogP contribution in [0.2, 0.25) is 5.02 Å². The van der Waals surface area contributed by atoms with E-state index in [1.165, 1.54) is 6.33 Å². The van der Waals surface area contributed by atoms with Crippen LogP contribution in [0.4, 0.5) is 0 Å². The maximum atomic E-state index is 12.2. The van der Waals surface area contributed by atoms with Gasteiger partial charge in [-0.25, -0.2) is 9.67 Å². The normalized spacial score (nSPS) is 12.0. The zero-order chi connectivity index (χ0) is 20.6. The van der Waals surface area contributed by atoms with Gasteiger partial charge in [0.2, 0.25) is 5.91 Å². The summed E-state index contributed by atoms with van der Waals surface area (Å²) in [5, 5.41) is 7.66. The highest BCUT2D eigenvalue weighted by Crippen LogP contribution is 2.20. The van der Waals surface area contributed by atoms with Crippen LogP contribution in [0, 0.1) is 0 Å². The average molecular weight is 414 g/mol. The molecule has 0 aliphatic carbocycles. The Morgan fingerprint density at radius 3 is 2.59 bits per heavy atom. The van der Waals surface area contributed by atoms with E-state index in [1.807, 2.05) is 36.2 Å². The zero-order valence-corrected chi connectivity index (χ0v) is 17.2. The van der Waals surface area contributed by atoms with Crippen LogP contribution in [0.5, 0.6) is 5.75 Å². The molecule has 0 fully saturated rings. The molecule has 0 aliphatic heterocycles. The summed E-state index contributed by atoms with van der Waals surface area (Å²) in [4.78, 5) is 18.2.